The van der Waals surface area contributed by atoms with Gasteiger partial charge >= 0.3 is 5.97 Å². The maximum Gasteiger partial charge on any atom is 0.320 e. The predicted octanol–water partition coefficient (Wildman–Crippen LogP) is 4.40. The average molecular weight is 535 g/mol. The zero-order valence-corrected chi connectivity index (χ0v) is 21.8. The molecule has 1 aromatic heterocycles. The Morgan fingerprint density at radius 3 is 2.39 bits per heavy atom. The number of nitrogens with two attached hydrogens (primary N) is 2. The number of hydrogen-bond donors (Lipinski definition) is 4. The van der Waals surface area contributed by atoms with Crippen molar-refractivity contribution in [2.75, 3.05) is 6.54 Å². The maximum absolute atomic E-state index is 11.6. The van der Waals surface area contributed by atoms with Crippen LogP contribution in [-0.4, -0.2) is 39.8 Å². The summed E-state index contributed by atoms with van der Waals surface area (Å²) in [6, 6.07) is 23.1. The fourth-order valence-corrected chi connectivity index (χ4v) is 4.12. The molecule has 1 atom stereocenters. The number of guanidine groups is 1. The number of nitrogens with zero attached hydrogens (tertiary/aromatic N) is 3. The van der Waals surface area contributed by atoms with E-state index in [1.165, 1.54) is 0 Å². The molecule has 0 unspecified atom stereocenters. The van der Waals surface area contributed by atoms with Gasteiger partial charge < -0.3 is 26.3 Å². The normalized spacial score (nSPS) is 11.4. The van der Waals surface area contributed by atoms with Gasteiger partial charge in [-0.2, -0.15) is 0 Å². The van der Waals surface area contributed by atoms with E-state index in [2.05, 4.69) is 38.7 Å². The Kier molecular flexibility index (Phi) is 9.98. The molecule has 3 aromatic carbocycles. The van der Waals surface area contributed by atoms with Gasteiger partial charge in [0.1, 0.15) is 6.04 Å². The van der Waals surface area contributed by atoms with E-state index in [0.29, 0.717) is 37.7 Å². The van der Waals surface area contributed by atoms with Gasteiger partial charge in [0.2, 0.25) is 11.8 Å². The molecule has 0 bridgehead atoms. The van der Waals surface area contributed by atoms with Crippen LogP contribution in [0.1, 0.15) is 24.0 Å². The van der Waals surface area contributed by atoms with Gasteiger partial charge in [-0.25, -0.2) is 0 Å². The van der Waals surface area contributed by atoms with Crippen LogP contribution < -0.4 is 16.8 Å². The van der Waals surface area contributed by atoms with Crippen LogP contribution >= 0.6 is 12.4 Å². The molecule has 0 fully saturated rings. The predicted molar refractivity (Wildman–Crippen MR) is 151 cm³/mol. The first-order valence-corrected chi connectivity index (χ1v) is 12.0. The van der Waals surface area contributed by atoms with Crippen LogP contribution in [0.2, 0.25) is 0 Å². The van der Waals surface area contributed by atoms with Gasteiger partial charge in [-0.15, -0.1) is 22.6 Å². The molecule has 4 aromatic rings. The van der Waals surface area contributed by atoms with Gasteiger partial charge in [-0.3, -0.25) is 9.79 Å². The fraction of sp³-hybridized carbons (Fsp3) is 0.214. The van der Waals surface area contributed by atoms with Crippen molar-refractivity contribution < 1.29 is 14.3 Å². The third kappa shape index (κ3) is 7.18. The summed E-state index contributed by atoms with van der Waals surface area (Å²) in [5.41, 5.74) is 16.5. The number of benzene rings is 3. The minimum atomic E-state index is -0.921. The molecule has 38 heavy (non-hydrogen) atoms. The van der Waals surface area contributed by atoms with Crippen molar-refractivity contribution in [2.45, 2.75) is 32.4 Å². The van der Waals surface area contributed by atoms with Crippen molar-refractivity contribution in [3.05, 3.63) is 83.9 Å². The first-order chi connectivity index (χ1) is 17.9. The monoisotopic (exact) mass is 534 g/mol. The van der Waals surface area contributed by atoms with Crippen molar-refractivity contribution >= 4 is 24.3 Å². The Bertz CT molecular complexity index is 1390. The van der Waals surface area contributed by atoms with Crippen LogP contribution in [0.3, 0.4) is 0 Å². The third-order valence-corrected chi connectivity index (χ3v) is 6.04. The Morgan fingerprint density at radius 2 is 1.66 bits per heavy atom. The van der Waals surface area contributed by atoms with E-state index in [1.54, 1.807) is 0 Å². The van der Waals surface area contributed by atoms with Crippen LogP contribution in [0.4, 0.5) is 0 Å². The Balaban J connectivity index is 0.00000400. The van der Waals surface area contributed by atoms with Gasteiger partial charge in [-0.1, -0.05) is 54.6 Å². The lowest BCUT2D eigenvalue weighted by atomic mass is 9.96. The van der Waals surface area contributed by atoms with Crippen LogP contribution in [0, 0.1) is 6.92 Å². The summed E-state index contributed by atoms with van der Waals surface area (Å²) >= 11 is 0. The molecule has 0 aliphatic carbocycles. The standard InChI is InChI=1S/C28H30N6O3.ClH/c1-18-22(20-9-3-2-4-10-20)12-6-13-23(18)26-34-33-25(37-26)21-11-5-8-19(16-21)17-32-24(27(35)36)14-7-15-31-28(29)30;/h2-6,8-13,16,24,32H,7,14-15,17H2,1H3,(H,35,36)(H4,29,30,31);1H/t24-;/m0./s1. The second kappa shape index (κ2) is 13.4. The first-order valence-electron chi connectivity index (χ1n) is 12.0. The number of carboxylic acid groups (broad SMARTS) is 1. The quantitative estimate of drug-likeness (QED) is 0.125. The smallest absolute Gasteiger partial charge is 0.320 e. The van der Waals surface area contributed by atoms with Gasteiger partial charge in [0.05, 0.1) is 0 Å². The van der Waals surface area contributed by atoms with E-state index in [0.717, 1.165) is 33.4 Å². The third-order valence-electron chi connectivity index (χ3n) is 6.04. The molecule has 10 heteroatoms. The Labute approximate surface area is 227 Å². The number of rotatable bonds is 11. The van der Waals surface area contributed by atoms with E-state index >= 15 is 0 Å². The number of aliphatic imine (C=N–C) groups is 1. The lowest BCUT2D eigenvalue weighted by Gasteiger charge is -2.14. The molecule has 0 amide bonds. The molecule has 0 spiro atoms. The highest BCUT2D eigenvalue weighted by atomic mass is 35.5. The topological polar surface area (TPSA) is 153 Å². The number of carboxylic acids is 1. The van der Waals surface area contributed by atoms with E-state index in [1.807, 2.05) is 61.5 Å². The van der Waals surface area contributed by atoms with Gasteiger partial charge in [-0.05, 0) is 60.2 Å². The molecule has 0 radical (unpaired) electrons. The molecule has 6 N–H and O–H groups in total. The number of carbonyl (C=O) groups is 1. The second-order valence-corrected chi connectivity index (χ2v) is 8.68. The highest BCUT2D eigenvalue weighted by Crippen LogP contribution is 2.32. The summed E-state index contributed by atoms with van der Waals surface area (Å²) in [4.78, 5) is 15.5. The van der Waals surface area contributed by atoms with Gasteiger partial charge in [0.25, 0.3) is 0 Å². The summed E-state index contributed by atoms with van der Waals surface area (Å²) in [5, 5.41) is 21.2. The summed E-state index contributed by atoms with van der Waals surface area (Å²) in [6.45, 7) is 2.80. The van der Waals surface area contributed by atoms with Crippen molar-refractivity contribution in [3.8, 4) is 34.0 Å². The van der Waals surface area contributed by atoms with Crippen molar-refractivity contribution in [3.63, 3.8) is 0 Å². The van der Waals surface area contributed by atoms with E-state index in [4.69, 9.17) is 15.9 Å². The van der Waals surface area contributed by atoms with Crippen molar-refractivity contribution in [1.82, 2.24) is 15.5 Å². The summed E-state index contributed by atoms with van der Waals surface area (Å²) in [7, 11) is 0. The summed E-state index contributed by atoms with van der Waals surface area (Å²) < 4.78 is 6.06. The number of nitrogens with one attached hydrogen (secondary N) is 1. The molecule has 9 nitrogen and oxygen atoms in total. The first kappa shape index (κ1) is 28.4. The SMILES string of the molecule is Cc1c(-c2ccccc2)cccc1-c1nnc(-c2cccc(CN[C@@H](CCCN=C(N)N)C(=O)O)c2)o1.Cl. The maximum atomic E-state index is 11.6. The molecule has 4 rings (SSSR count). The fourth-order valence-electron chi connectivity index (χ4n) is 4.12. The molecular formula is C28H31ClN6O3. The number of aliphatic carboxylic acids is 1. The molecule has 198 valence electrons. The summed E-state index contributed by atoms with van der Waals surface area (Å²) in [6.07, 6.45) is 0.956. The van der Waals surface area contributed by atoms with Crippen molar-refractivity contribution in [2.24, 2.45) is 16.5 Å². The number of halogens is 1. The van der Waals surface area contributed by atoms with E-state index < -0.39 is 12.0 Å². The molecule has 0 aliphatic rings. The Hall–Kier alpha value is -4.21. The van der Waals surface area contributed by atoms with Crippen molar-refractivity contribution in [1.29, 1.82) is 0 Å². The zero-order valence-electron chi connectivity index (χ0n) is 21.0. The largest absolute Gasteiger partial charge is 0.480 e. The molecule has 1 heterocycles. The lowest BCUT2D eigenvalue weighted by Crippen LogP contribution is -2.36. The highest BCUT2D eigenvalue weighted by Gasteiger charge is 2.17. The summed E-state index contributed by atoms with van der Waals surface area (Å²) in [5.74, 6) is -0.0794. The minimum absolute atomic E-state index is 0. The van der Waals surface area contributed by atoms with Crippen LogP contribution in [0.15, 0.2) is 82.2 Å². The number of aromatic nitrogens is 2. The zero-order chi connectivity index (χ0) is 26.2. The van der Waals surface area contributed by atoms with Crippen LogP contribution in [-0.2, 0) is 11.3 Å². The van der Waals surface area contributed by atoms with Crippen LogP contribution in [0.5, 0.6) is 0 Å². The second-order valence-electron chi connectivity index (χ2n) is 8.68. The van der Waals surface area contributed by atoms with Crippen LogP contribution in [0.25, 0.3) is 34.0 Å². The van der Waals surface area contributed by atoms with E-state index in [-0.39, 0.29) is 18.4 Å². The lowest BCUT2D eigenvalue weighted by molar-refractivity contribution is -0.139. The highest BCUT2D eigenvalue weighted by molar-refractivity contribution is 5.85. The average Bonchev–Trinajstić information content (AvgIpc) is 3.39. The minimum Gasteiger partial charge on any atom is -0.480 e. The molecule has 0 aliphatic heterocycles. The van der Waals surface area contributed by atoms with Gasteiger partial charge in [0, 0.05) is 24.2 Å². The van der Waals surface area contributed by atoms with Gasteiger partial charge in [0.15, 0.2) is 5.96 Å². The Morgan fingerprint density at radius 1 is 0.974 bits per heavy atom. The molecule has 0 saturated carbocycles. The number of hydrogen-bond acceptors (Lipinski definition) is 6. The molecular weight excluding hydrogens is 504 g/mol. The van der Waals surface area contributed by atoms with E-state index in [9.17, 15) is 9.90 Å². The molecule has 0 saturated heterocycles.